The molecule has 26 heavy (non-hydrogen) atoms. The van der Waals surface area contributed by atoms with Crippen molar-refractivity contribution in [2.45, 2.75) is 38.5 Å². The van der Waals surface area contributed by atoms with E-state index >= 15 is 0 Å². The zero-order valence-electron chi connectivity index (χ0n) is 14.5. The molecule has 8 heteroatoms. The quantitative estimate of drug-likeness (QED) is 0.757. The van der Waals surface area contributed by atoms with Gasteiger partial charge in [0.05, 0.1) is 21.2 Å². The number of benzene rings is 1. The Bertz CT molecular complexity index is 614. The molecule has 2 heterocycles. The number of hydroxylamine groups is 4. The molecule has 2 aliphatic heterocycles. The Morgan fingerprint density at radius 2 is 1.04 bits per heavy atom. The molecule has 0 atom stereocenters. The van der Waals surface area contributed by atoms with Crippen molar-refractivity contribution in [1.82, 2.24) is 10.1 Å². The molecule has 1 aromatic rings. The van der Waals surface area contributed by atoms with Gasteiger partial charge in [0.1, 0.15) is 0 Å². The zero-order chi connectivity index (χ0) is 18.5. The van der Waals surface area contributed by atoms with Gasteiger partial charge in [0.25, 0.3) is 0 Å². The second-order valence-electron chi connectivity index (χ2n) is 6.55. The summed E-state index contributed by atoms with van der Waals surface area (Å²) >= 11 is 12.1. The molecule has 0 amide bonds. The Morgan fingerprint density at radius 1 is 0.692 bits per heavy atom. The lowest BCUT2D eigenvalue weighted by molar-refractivity contribution is -0.122. The van der Waals surface area contributed by atoms with Crippen molar-refractivity contribution in [3.8, 4) is 0 Å². The SMILES string of the molecule is O=C(ON1CCCCC1)c1cc(Cl)c(Cl)cc1C(=O)ON1CCCCC1. The largest absolute Gasteiger partial charge is 0.364 e. The van der Waals surface area contributed by atoms with Crippen LogP contribution in [0.5, 0.6) is 0 Å². The van der Waals surface area contributed by atoms with Crippen LogP contribution in [-0.4, -0.2) is 48.2 Å². The maximum absolute atomic E-state index is 12.6. The molecule has 2 aliphatic rings. The van der Waals surface area contributed by atoms with E-state index in [0.29, 0.717) is 26.2 Å². The van der Waals surface area contributed by atoms with Gasteiger partial charge in [-0.3, -0.25) is 0 Å². The summed E-state index contributed by atoms with van der Waals surface area (Å²) in [6.07, 6.45) is 6.12. The predicted molar refractivity (Wildman–Crippen MR) is 98.1 cm³/mol. The Hall–Kier alpha value is -1.34. The second-order valence-corrected chi connectivity index (χ2v) is 7.36. The van der Waals surface area contributed by atoms with E-state index in [2.05, 4.69) is 0 Å². The van der Waals surface area contributed by atoms with Crippen molar-refractivity contribution in [1.29, 1.82) is 0 Å². The van der Waals surface area contributed by atoms with Crippen molar-refractivity contribution in [2.24, 2.45) is 0 Å². The minimum Gasteiger partial charge on any atom is -0.364 e. The molecular weight excluding hydrogens is 379 g/mol. The van der Waals surface area contributed by atoms with Crippen molar-refractivity contribution < 1.29 is 19.3 Å². The van der Waals surface area contributed by atoms with E-state index in [1.165, 1.54) is 12.1 Å². The van der Waals surface area contributed by atoms with Crippen LogP contribution in [0.3, 0.4) is 0 Å². The second kappa shape index (κ2) is 9.04. The minimum absolute atomic E-state index is 0.0620. The van der Waals surface area contributed by atoms with Crippen LogP contribution >= 0.6 is 23.2 Å². The third kappa shape index (κ3) is 4.88. The number of nitrogens with zero attached hydrogens (tertiary/aromatic N) is 2. The zero-order valence-corrected chi connectivity index (χ0v) is 16.0. The van der Waals surface area contributed by atoms with Crippen molar-refractivity contribution in [3.63, 3.8) is 0 Å². The first-order chi connectivity index (χ1) is 12.5. The van der Waals surface area contributed by atoms with E-state index in [-0.39, 0.29) is 21.2 Å². The third-order valence-electron chi connectivity index (χ3n) is 4.55. The molecule has 0 unspecified atom stereocenters. The highest BCUT2D eigenvalue weighted by atomic mass is 35.5. The van der Waals surface area contributed by atoms with Crippen molar-refractivity contribution in [2.75, 3.05) is 26.2 Å². The Morgan fingerprint density at radius 3 is 1.38 bits per heavy atom. The molecule has 2 fully saturated rings. The summed E-state index contributed by atoms with van der Waals surface area (Å²) in [5.74, 6) is -1.26. The number of carbonyl (C=O) groups is 2. The van der Waals surface area contributed by atoms with Gasteiger partial charge in [-0.25, -0.2) is 9.59 Å². The summed E-state index contributed by atoms with van der Waals surface area (Å²) in [5.41, 5.74) is 0.124. The van der Waals surface area contributed by atoms with E-state index in [1.807, 2.05) is 0 Å². The van der Waals surface area contributed by atoms with Gasteiger partial charge < -0.3 is 9.68 Å². The summed E-state index contributed by atoms with van der Waals surface area (Å²) in [5, 5.41) is 3.61. The van der Waals surface area contributed by atoms with Crippen LogP contribution in [0.25, 0.3) is 0 Å². The summed E-state index contributed by atoms with van der Waals surface area (Å²) in [6.45, 7) is 2.72. The number of hydrogen-bond donors (Lipinski definition) is 0. The maximum Gasteiger partial charge on any atom is 0.357 e. The minimum atomic E-state index is -0.629. The highest BCUT2D eigenvalue weighted by molar-refractivity contribution is 6.42. The molecule has 2 saturated heterocycles. The van der Waals surface area contributed by atoms with Crippen LogP contribution in [0.1, 0.15) is 59.2 Å². The van der Waals surface area contributed by atoms with E-state index in [4.69, 9.17) is 32.9 Å². The molecule has 0 radical (unpaired) electrons. The Labute approximate surface area is 162 Å². The van der Waals surface area contributed by atoms with E-state index < -0.39 is 11.9 Å². The van der Waals surface area contributed by atoms with Crippen LogP contribution in [0.2, 0.25) is 10.0 Å². The molecule has 0 spiro atoms. The van der Waals surface area contributed by atoms with Gasteiger partial charge >= 0.3 is 11.9 Å². The topological polar surface area (TPSA) is 59.1 Å². The Kier molecular flexibility index (Phi) is 6.75. The fourth-order valence-corrected chi connectivity index (χ4v) is 3.46. The average Bonchev–Trinajstić information content (AvgIpc) is 2.65. The van der Waals surface area contributed by atoms with Gasteiger partial charge in [0.15, 0.2) is 0 Å². The number of rotatable bonds is 4. The molecule has 1 aromatic carbocycles. The summed E-state index contributed by atoms with van der Waals surface area (Å²) in [4.78, 5) is 36.1. The fraction of sp³-hybridized carbons (Fsp3) is 0.556. The predicted octanol–water partition coefficient (Wildman–Crippen LogP) is 4.11. The normalized spacial score (nSPS) is 19.2. The number of piperidine rings is 2. The smallest absolute Gasteiger partial charge is 0.357 e. The Balaban J connectivity index is 1.77. The molecule has 0 N–H and O–H groups in total. The lowest BCUT2D eigenvalue weighted by atomic mass is 10.1. The van der Waals surface area contributed by atoms with Gasteiger partial charge in [-0.1, -0.05) is 36.0 Å². The van der Waals surface area contributed by atoms with Crippen LogP contribution in [-0.2, 0) is 9.68 Å². The van der Waals surface area contributed by atoms with Crippen LogP contribution in [0.15, 0.2) is 12.1 Å². The van der Waals surface area contributed by atoms with Crippen molar-refractivity contribution in [3.05, 3.63) is 33.3 Å². The van der Waals surface area contributed by atoms with Crippen LogP contribution < -0.4 is 0 Å². The third-order valence-corrected chi connectivity index (χ3v) is 5.28. The molecule has 0 aromatic heterocycles. The van der Waals surface area contributed by atoms with E-state index in [0.717, 1.165) is 38.5 Å². The lowest BCUT2D eigenvalue weighted by Crippen LogP contribution is -2.34. The highest BCUT2D eigenvalue weighted by Gasteiger charge is 2.26. The average molecular weight is 401 g/mol. The first kappa shape index (κ1) is 19.4. The van der Waals surface area contributed by atoms with Gasteiger partial charge in [0, 0.05) is 26.2 Å². The van der Waals surface area contributed by atoms with Gasteiger partial charge in [-0.2, -0.15) is 0 Å². The summed E-state index contributed by atoms with van der Waals surface area (Å²) < 4.78 is 0. The molecule has 6 nitrogen and oxygen atoms in total. The number of hydrogen-bond acceptors (Lipinski definition) is 6. The molecule has 0 saturated carbocycles. The van der Waals surface area contributed by atoms with Crippen LogP contribution in [0.4, 0.5) is 0 Å². The monoisotopic (exact) mass is 400 g/mol. The summed E-state index contributed by atoms with van der Waals surface area (Å²) in [6, 6.07) is 2.73. The van der Waals surface area contributed by atoms with Crippen molar-refractivity contribution >= 4 is 35.1 Å². The van der Waals surface area contributed by atoms with E-state index in [1.54, 1.807) is 10.1 Å². The lowest BCUT2D eigenvalue weighted by Gasteiger charge is -2.26. The van der Waals surface area contributed by atoms with E-state index in [9.17, 15) is 9.59 Å². The highest BCUT2D eigenvalue weighted by Crippen LogP contribution is 2.28. The first-order valence-corrected chi connectivity index (χ1v) is 9.74. The van der Waals surface area contributed by atoms with Gasteiger partial charge in [-0.05, 0) is 37.8 Å². The number of halogens is 2. The molecule has 142 valence electrons. The van der Waals surface area contributed by atoms with Gasteiger partial charge in [0.2, 0.25) is 0 Å². The number of carbonyl (C=O) groups excluding carboxylic acids is 2. The first-order valence-electron chi connectivity index (χ1n) is 8.98. The molecule has 0 aliphatic carbocycles. The molecule has 3 rings (SSSR count). The summed E-state index contributed by atoms with van der Waals surface area (Å²) in [7, 11) is 0. The maximum atomic E-state index is 12.6. The van der Waals surface area contributed by atoms with Gasteiger partial charge in [-0.15, -0.1) is 10.1 Å². The standard InChI is InChI=1S/C18H22Cl2N2O4/c19-15-11-13(17(23)25-21-7-3-1-4-8-21)14(12-16(15)20)18(24)26-22-9-5-2-6-10-22/h11-12H,1-10H2. The molecular formula is C18H22Cl2N2O4. The molecule has 0 bridgehead atoms. The van der Waals surface area contributed by atoms with Crippen LogP contribution in [0, 0.1) is 0 Å². The fourth-order valence-electron chi connectivity index (χ4n) is 3.13.